The standard InChI is InChI=1S/C12H17N5O2/c1-7(2)18-11-10(13)12(15-6-14-11)19-9-5-8(3)16-17(9)4/h5-7H,13H2,1-4H3. The van der Waals surface area contributed by atoms with E-state index in [2.05, 4.69) is 15.1 Å². The summed E-state index contributed by atoms with van der Waals surface area (Å²) in [6.45, 7) is 5.67. The first-order chi connectivity index (χ1) is 8.97. The smallest absolute Gasteiger partial charge is 0.251 e. The molecule has 0 unspecified atom stereocenters. The molecule has 0 spiro atoms. The Morgan fingerprint density at radius 1 is 1.26 bits per heavy atom. The first-order valence-corrected chi connectivity index (χ1v) is 5.93. The largest absolute Gasteiger partial charge is 0.473 e. The van der Waals surface area contributed by atoms with Crippen LogP contribution in [-0.2, 0) is 7.05 Å². The van der Waals surface area contributed by atoms with Gasteiger partial charge in [-0.2, -0.15) is 15.1 Å². The summed E-state index contributed by atoms with van der Waals surface area (Å²) in [6.07, 6.45) is 1.33. The van der Waals surface area contributed by atoms with Gasteiger partial charge in [-0.05, 0) is 20.8 Å². The predicted octanol–water partition coefficient (Wildman–Crippen LogP) is 1.68. The fourth-order valence-electron chi connectivity index (χ4n) is 1.54. The van der Waals surface area contributed by atoms with Gasteiger partial charge in [0.2, 0.25) is 11.8 Å². The van der Waals surface area contributed by atoms with Crippen LogP contribution in [0.3, 0.4) is 0 Å². The molecule has 7 heteroatoms. The molecule has 0 saturated heterocycles. The van der Waals surface area contributed by atoms with Crippen LogP contribution in [0.25, 0.3) is 0 Å². The Labute approximate surface area is 111 Å². The van der Waals surface area contributed by atoms with E-state index >= 15 is 0 Å². The highest BCUT2D eigenvalue weighted by atomic mass is 16.5. The summed E-state index contributed by atoms with van der Waals surface area (Å²) in [4.78, 5) is 8.00. The van der Waals surface area contributed by atoms with Crippen LogP contribution in [0.4, 0.5) is 5.69 Å². The fourth-order valence-corrected chi connectivity index (χ4v) is 1.54. The van der Waals surface area contributed by atoms with Crippen molar-refractivity contribution in [3.05, 3.63) is 18.1 Å². The summed E-state index contributed by atoms with van der Waals surface area (Å²) in [5.41, 5.74) is 7.06. The average Bonchev–Trinajstić information content (AvgIpc) is 2.62. The van der Waals surface area contributed by atoms with Gasteiger partial charge in [-0.15, -0.1) is 0 Å². The van der Waals surface area contributed by atoms with Gasteiger partial charge in [0.25, 0.3) is 5.88 Å². The molecule has 2 heterocycles. The number of nitrogens with two attached hydrogens (primary N) is 1. The van der Waals surface area contributed by atoms with Crippen molar-refractivity contribution in [2.45, 2.75) is 26.9 Å². The number of nitrogen functional groups attached to an aromatic ring is 1. The fraction of sp³-hybridized carbons (Fsp3) is 0.417. The molecule has 2 aromatic rings. The molecule has 102 valence electrons. The molecule has 19 heavy (non-hydrogen) atoms. The Balaban J connectivity index is 2.28. The Kier molecular flexibility index (Phi) is 3.55. The van der Waals surface area contributed by atoms with Crippen LogP contribution >= 0.6 is 0 Å². The molecule has 0 aliphatic rings. The summed E-state index contributed by atoms with van der Waals surface area (Å²) in [7, 11) is 1.78. The van der Waals surface area contributed by atoms with E-state index in [0.717, 1.165) is 5.69 Å². The molecule has 2 N–H and O–H groups in total. The van der Waals surface area contributed by atoms with E-state index in [4.69, 9.17) is 15.2 Å². The monoisotopic (exact) mass is 263 g/mol. The zero-order valence-electron chi connectivity index (χ0n) is 11.4. The van der Waals surface area contributed by atoms with Crippen molar-refractivity contribution in [1.82, 2.24) is 19.7 Å². The summed E-state index contributed by atoms with van der Waals surface area (Å²) >= 11 is 0. The number of hydrogen-bond donors (Lipinski definition) is 1. The number of rotatable bonds is 4. The molecule has 0 amide bonds. The maximum atomic E-state index is 5.93. The van der Waals surface area contributed by atoms with Gasteiger partial charge in [-0.25, -0.2) is 4.68 Å². The number of nitrogens with zero attached hydrogens (tertiary/aromatic N) is 4. The van der Waals surface area contributed by atoms with Crippen LogP contribution < -0.4 is 15.2 Å². The first-order valence-electron chi connectivity index (χ1n) is 5.93. The SMILES string of the molecule is Cc1cc(Oc2ncnc(OC(C)C)c2N)n(C)n1. The van der Waals surface area contributed by atoms with Crippen molar-refractivity contribution in [3.63, 3.8) is 0 Å². The maximum Gasteiger partial charge on any atom is 0.251 e. The highest BCUT2D eigenvalue weighted by Gasteiger charge is 2.14. The molecule has 2 rings (SSSR count). The van der Waals surface area contributed by atoms with Crippen molar-refractivity contribution in [2.24, 2.45) is 7.05 Å². The second kappa shape index (κ2) is 5.13. The van der Waals surface area contributed by atoms with Crippen LogP contribution in [0.1, 0.15) is 19.5 Å². The minimum absolute atomic E-state index is 0.0241. The molecular formula is C12H17N5O2. The van der Waals surface area contributed by atoms with Crippen LogP contribution in [-0.4, -0.2) is 25.9 Å². The van der Waals surface area contributed by atoms with E-state index < -0.39 is 0 Å². The number of aryl methyl sites for hydroxylation is 2. The predicted molar refractivity (Wildman–Crippen MR) is 70.2 cm³/mol. The molecule has 2 aromatic heterocycles. The summed E-state index contributed by atoms with van der Waals surface area (Å²) in [5.74, 6) is 1.13. The van der Waals surface area contributed by atoms with Crippen molar-refractivity contribution in [2.75, 3.05) is 5.73 Å². The highest BCUT2D eigenvalue weighted by molar-refractivity contribution is 5.56. The minimum atomic E-state index is -0.0241. The molecule has 0 fully saturated rings. The Hall–Kier alpha value is -2.31. The van der Waals surface area contributed by atoms with E-state index in [1.165, 1.54) is 6.33 Å². The molecule has 0 aliphatic carbocycles. The van der Waals surface area contributed by atoms with E-state index in [1.54, 1.807) is 17.8 Å². The minimum Gasteiger partial charge on any atom is -0.473 e. The summed E-state index contributed by atoms with van der Waals surface area (Å²) in [5, 5.41) is 4.18. The molecule has 0 aliphatic heterocycles. The van der Waals surface area contributed by atoms with Gasteiger partial charge in [0, 0.05) is 13.1 Å². The van der Waals surface area contributed by atoms with Gasteiger partial charge in [0.05, 0.1) is 11.8 Å². The van der Waals surface area contributed by atoms with Crippen LogP contribution in [0.2, 0.25) is 0 Å². The third-order valence-corrected chi connectivity index (χ3v) is 2.32. The Morgan fingerprint density at radius 2 is 1.95 bits per heavy atom. The zero-order valence-corrected chi connectivity index (χ0v) is 11.4. The second-order valence-electron chi connectivity index (χ2n) is 4.41. The van der Waals surface area contributed by atoms with Gasteiger partial charge < -0.3 is 15.2 Å². The number of anilines is 1. The maximum absolute atomic E-state index is 5.93. The third-order valence-electron chi connectivity index (χ3n) is 2.32. The lowest BCUT2D eigenvalue weighted by molar-refractivity contribution is 0.232. The van der Waals surface area contributed by atoms with Gasteiger partial charge in [0.15, 0.2) is 5.69 Å². The Morgan fingerprint density at radius 3 is 2.53 bits per heavy atom. The molecule has 7 nitrogen and oxygen atoms in total. The summed E-state index contributed by atoms with van der Waals surface area (Å²) in [6, 6.07) is 1.80. The molecule has 0 radical (unpaired) electrons. The lowest BCUT2D eigenvalue weighted by atomic mass is 10.4. The lowest BCUT2D eigenvalue weighted by Gasteiger charge is -2.12. The van der Waals surface area contributed by atoms with Crippen LogP contribution in [0.15, 0.2) is 12.4 Å². The van der Waals surface area contributed by atoms with Gasteiger partial charge in [-0.3, -0.25) is 0 Å². The van der Waals surface area contributed by atoms with Gasteiger partial charge >= 0.3 is 0 Å². The lowest BCUT2D eigenvalue weighted by Crippen LogP contribution is -2.10. The number of hydrogen-bond acceptors (Lipinski definition) is 6. The van der Waals surface area contributed by atoms with E-state index in [9.17, 15) is 0 Å². The van der Waals surface area contributed by atoms with E-state index in [-0.39, 0.29) is 17.7 Å². The van der Waals surface area contributed by atoms with E-state index in [1.807, 2.05) is 20.8 Å². The van der Waals surface area contributed by atoms with E-state index in [0.29, 0.717) is 11.8 Å². The zero-order chi connectivity index (χ0) is 14.0. The van der Waals surface area contributed by atoms with Crippen LogP contribution in [0.5, 0.6) is 17.6 Å². The second-order valence-corrected chi connectivity index (χ2v) is 4.41. The number of aromatic nitrogens is 4. The molecule has 0 aromatic carbocycles. The average molecular weight is 263 g/mol. The first kappa shape index (κ1) is 13.1. The molecule has 0 atom stereocenters. The molecular weight excluding hydrogens is 246 g/mol. The van der Waals surface area contributed by atoms with Crippen molar-refractivity contribution in [3.8, 4) is 17.6 Å². The van der Waals surface area contributed by atoms with Crippen LogP contribution in [0, 0.1) is 6.92 Å². The van der Waals surface area contributed by atoms with Gasteiger partial charge in [0.1, 0.15) is 6.33 Å². The topological polar surface area (TPSA) is 88.1 Å². The van der Waals surface area contributed by atoms with Crippen molar-refractivity contribution >= 4 is 5.69 Å². The Bertz CT molecular complexity index is 579. The highest BCUT2D eigenvalue weighted by Crippen LogP contribution is 2.30. The molecule has 0 saturated carbocycles. The number of ether oxygens (including phenoxy) is 2. The van der Waals surface area contributed by atoms with Crippen molar-refractivity contribution in [1.29, 1.82) is 0 Å². The quantitative estimate of drug-likeness (QED) is 0.902. The van der Waals surface area contributed by atoms with Gasteiger partial charge in [-0.1, -0.05) is 0 Å². The normalized spacial score (nSPS) is 10.8. The van der Waals surface area contributed by atoms with Crippen molar-refractivity contribution < 1.29 is 9.47 Å². The summed E-state index contributed by atoms with van der Waals surface area (Å²) < 4.78 is 12.7. The molecule has 0 bridgehead atoms. The third kappa shape index (κ3) is 2.93.